The van der Waals surface area contributed by atoms with Crippen molar-refractivity contribution in [3.63, 3.8) is 0 Å². The van der Waals surface area contributed by atoms with Crippen LogP contribution >= 0.6 is 0 Å². The molecule has 0 aliphatic carbocycles. The Morgan fingerprint density at radius 3 is 2.71 bits per heavy atom. The van der Waals surface area contributed by atoms with Crippen LogP contribution in [-0.2, 0) is 13.0 Å². The third-order valence-electron chi connectivity index (χ3n) is 3.69. The van der Waals surface area contributed by atoms with E-state index >= 15 is 0 Å². The first kappa shape index (κ1) is 13.9. The highest BCUT2D eigenvalue weighted by Gasteiger charge is 2.06. The Morgan fingerprint density at radius 2 is 1.86 bits per heavy atom. The van der Waals surface area contributed by atoms with E-state index in [1.54, 1.807) is 0 Å². The third kappa shape index (κ3) is 3.51. The molecule has 0 spiro atoms. The molecule has 0 bridgehead atoms. The van der Waals surface area contributed by atoms with E-state index in [0.717, 1.165) is 12.1 Å². The maximum atomic E-state index is 10.1. The second-order valence-electron chi connectivity index (χ2n) is 5.33. The van der Waals surface area contributed by atoms with Crippen LogP contribution in [-0.4, -0.2) is 22.7 Å². The van der Waals surface area contributed by atoms with Crippen LogP contribution in [0.2, 0.25) is 0 Å². The lowest BCUT2D eigenvalue weighted by atomic mass is 10.1. The van der Waals surface area contributed by atoms with Gasteiger partial charge in [-0.1, -0.05) is 42.5 Å². The van der Waals surface area contributed by atoms with Crippen molar-refractivity contribution in [3.05, 3.63) is 71.9 Å². The van der Waals surface area contributed by atoms with Gasteiger partial charge >= 0.3 is 0 Å². The van der Waals surface area contributed by atoms with Gasteiger partial charge in [0.15, 0.2) is 0 Å². The van der Waals surface area contributed by atoms with E-state index in [1.807, 2.05) is 36.5 Å². The quantitative estimate of drug-likeness (QED) is 0.650. The fraction of sp³-hybridized carbons (Fsp3) is 0.222. The summed E-state index contributed by atoms with van der Waals surface area (Å²) < 4.78 is 0. The van der Waals surface area contributed by atoms with Crippen molar-refractivity contribution in [2.75, 3.05) is 6.54 Å². The predicted octanol–water partition coefficient (Wildman–Crippen LogP) is 2.86. The molecular weight excluding hydrogens is 260 g/mol. The van der Waals surface area contributed by atoms with Gasteiger partial charge in [0.25, 0.3) is 0 Å². The average molecular weight is 280 g/mol. The number of rotatable bonds is 6. The minimum atomic E-state index is -0.363. The van der Waals surface area contributed by atoms with E-state index in [9.17, 15) is 5.11 Å². The number of benzene rings is 2. The number of aliphatic hydroxyl groups is 1. The maximum Gasteiger partial charge on any atom is 0.0704 e. The molecule has 3 heteroatoms. The zero-order valence-corrected chi connectivity index (χ0v) is 11.9. The lowest BCUT2D eigenvalue weighted by Gasteiger charge is -2.12. The normalized spacial score (nSPS) is 12.6. The first-order chi connectivity index (χ1) is 10.3. The summed E-state index contributed by atoms with van der Waals surface area (Å²) in [5.41, 5.74) is 3.57. The Bertz CT molecular complexity index is 691. The molecule has 0 fully saturated rings. The van der Waals surface area contributed by atoms with Crippen molar-refractivity contribution in [2.45, 2.75) is 19.1 Å². The van der Waals surface area contributed by atoms with Gasteiger partial charge in [0.2, 0.25) is 0 Å². The zero-order valence-electron chi connectivity index (χ0n) is 11.9. The fourth-order valence-electron chi connectivity index (χ4n) is 2.64. The molecule has 1 aromatic heterocycles. The maximum absolute atomic E-state index is 10.1. The minimum absolute atomic E-state index is 0.363. The Kier molecular flexibility index (Phi) is 4.34. The summed E-state index contributed by atoms with van der Waals surface area (Å²) in [5.74, 6) is 0. The average Bonchev–Trinajstić information content (AvgIpc) is 2.97. The van der Waals surface area contributed by atoms with Crippen LogP contribution in [0.1, 0.15) is 11.1 Å². The highest BCUT2D eigenvalue weighted by Crippen LogP contribution is 2.17. The van der Waals surface area contributed by atoms with Crippen LogP contribution in [0.15, 0.2) is 60.8 Å². The fourth-order valence-corrected chi connectivity index (χ4v) is 2.64. The summed E-state index contributed by atoms with van der Waals surface area (Å²) in [5, 5.41) is 14.7. The van der Waals surface area contributed by atoms with Gasteiger partial charge in [0, 0.05) is 30.2 Å². The van der Waals surface area contributed by atoms with E-state index < -0.39 is 0 Å². The molecule has 21 heavy (non-hydrogen) atoms. The van der Waals surface area contributed by atoms with Crippen molar-refractivity contribution >= 4 is 10.9 Å². The van der Waals surface area contributed by atoms with E-state index in [0.29, 0.717) is 13.0 Å². The van der Waals surface area contributed by atoms with E-state index in [2.05, 4.69) is 34.6 Å². The van der Waals surface area contributed by atoms with Gasteiger partial charge in [-0.15, -0.1) is 0 Å². The molecule has 0 saturated carbocycles. The lowest BCUT2D eigenvalue weighted by Crippen LogP contribution is -2.28. The molecule has 1 heterocycles. The number of aromatic nitrogens is 1. The number of aliphatic hydroxyl groups excluding tert-OH is 1. The highest BCUT2D eigenvalue weighted by molar-refractivity contribution is 5.82. The zero-order chi connectivity index (χ0) is 14.5. The molecule has 2 aromatic carbocycles. The number of nitrogens with one attached hydrogen (secondary N) is 2. The highest BCUT2D eigenvalue weighted by atomic mass is 16.3. The molecule has 0 aliphatic heterocycles. The Labute approximate surface area is 124 Å². The van der Waals surface area contributed by atoms with Crippen molar-refractivity contribution in [1.29, 1.82) is 0 Å². The summed E-state index contributed by atoms with van der Waals surface area (Å²) in [4.78, 5) is 3.21. The number of aromatic amines is 1. The van der Waals surface area contributed by atoms with Crippen molar-refractivity contribution in [1.82, 2.24) is 10.3 Å². The van der Waals surface area contributed by atoms with Gasteiger partial charge < -0.3 is 15.4 Å². The number of H-pyrrole nitrogens is 1. The second-order valence-corrected chi connectivity index (χ2v) is 5.33. The standard InChI is InChI=1S/C18H20N2O/c21-16(11-14-5-2-1-3-6-14)13-19-12-15-7-4-8-18-17(15)9-10-20-18/h1-10,16,19-21H,11-13H2. The van der Waals surface area contributed by atoms with Gasteiger partial charge in [0.1, 0.15) is 0 Å². The molecule has 3 nitrogen and oxygen atoms in total. The molecule has 1 atom stereocenters. The molecular formula is C18H20N2O. The Morgan fingerprint density at radius 1 is 1.00 bits per heavy atom. The molecule has 3 rings (SSSR count). The first-order valence-electron chi connectivity index (χ1n) is 7.30. The predicted molar refractivity (Wildman–Crippen MR) is 86.2 cm³/mol. The van der Waals surface area contributed by atoms with Crippen LogP contribution in [0.5, 0.6) is 0 Å². The van der Waals surface area contributed by atoms with Crippen LogP contribution < -0.4 is 5.32 Å². The number of fused-ring (bicyclic) bond motifs is 1. The molecule has 108 valence electrons. The summed E-state index contributed by atoms with van der Waals surface area (Å²) >= 11 is 0. The van der Waals surface area contributed by atoms with Gasteiger partial charge in [-0.25, -0.2) is 0 Å². The van der Waals surface area contributed by atoms with E-state index in [4.69, 9.17) is 0 Å². The van der Waals surface area contributed by atoms with Crippen LogP contribution in [0.3, 0.4) is 0 Å². The topological polar surface area (TPSA) is 48.0 Å². The number of hydrogen-bond donors (Lipinski definition) is 3. The summed E-state index contributed by atoms with van der Waals surface area (Å²) in [6.07, 6.45) is 2.28. The summed E-state index contributed by atoms with van der Waals surface area (Å²) in [6, 6.07) is 18.4. The monoisotopic (exact) mass is 280 g/mol. The van der Waals surface area contributed by atoms with Crippen molar-refractivity contribution in [2.24, 2.45) is 0 Å². The third-order valence-corrected chi connectivity index (χ3v) is 3.69. The largest absolute Gasteiger partial charge is 0.391 e. The first-order valence-corrected chi connectivity index (χ1v) is 7.30. The van der Waals surface area contributed by atoms with Crippen molar-refractivity contribution in [3.8, 4) is 0 Å². The Balaban J connectivity index is 1.53. The molecule has 0 radical (unpaired) electrons. The van der Waals surface area contributed by atoms with Crippen LogP contribution in [0.25, 0.3) is 10.9 Å². The SMILES string of the molecule is OC(CNCc1cccc2[nH]ccc12)Cc1ccccc1. The summed E-state index contributed by atoms with van der Waals surface area (Å²) in [7, 11) is 0. The minimum Gasteiger partial charge on any atom is -0.391 e. The molecule has 1 unspecified atom stereocenters. The van der Waals surface area contributed by atoms with Crippen LogP contribution in [0, 0.1) is 0 Å². The second kappa shape index (κ2) is 6.57. The van der Waals surface area contributed by atoms with Crippen LogP contribution in [0.4, 0.5) is 0 Å². The molecule has 0 saturated heterocycles. The molecule has 0 amide bonds. The van der Waals surface area contributed by atoms with E-state index in [1.165, 1.54) is 16.5 Å². The Hall–Kier alpha value is -2.10. The lowest BCUT2D eigenvalue weighted by molar-refractivity contribution is 0.171. The molecule has 0 aliphatic rings. The summed E-state index contributed by atoms with van der Waals surface area (Å²) in [6.45, 7) is 1.36. The molecule has 3 N–H and O–H groups in total. The van der Waals surface area contributed by atoms with Gasteiger partial charge in [-0.3, -0.25) is 0 Å². The number of hydrogen-bond acceptors (Lipinski definition) is 2. The van der Waals surface area contributed by atoms with Gasteiger partial charge in [-0.05, 0) is 29.7 Å². The van der Waals surface area contributed by atoms with Gasteiger partial charge in [0.05, 0.1) is 6.10 Å². The van der Waals surface area contributed by atoms with Crippen molar-refractivity contribution < 1.29 is 5.11 Å². The van der Waals surface area contributed by atoms with Gasteiger partial charge in [-0.2, -0.15) is 0 Å². The molecule has 3 aromatic rings. The van der Waals surface area contributed by atoms with E-state index in [-0.39, 0.29) is 6.10 Å². The smallest absolute Gasteiger partial charge is 0.0704 e.